The molecule has 0 saturated heterocycles. The number of halogens is 6. The molecular weight excluding hydrogens is 362 g/mol. The molecule has 2 aromatic rings. The quantitative estimate of drug-likeness (QED) is 0.679. The Kier molecular flexibility index (Phi) is 3.80. The molecule has 2 aromatic carbocycles. The normalized spacial score (nSPS) is 14.6. The lowest BCUT2D eigenvalue weighted by Crippen LogP contribution is -2.10. The summed E-state index contributed by atoms with van der Waals surface area (Å²) in [7, 11) is -9.99. The van der Waals surface area contributed by atoms with Gasteiger partial charge in [-0.1, -0.05) is 43.7 Å². The number of hydrogen-bond acceptors (Lipinski definition) is 2. The van der Waals surface area contributed by atoms with Gasteiger partial charge in [0.2, 0.25) is 0 Å². The number of carbonyl (C=O) groups is 1. The van der Waals surface area contributed by atoms with Gasteiger partial charge in [-0.3, -0.25) is 0 Å². The molecule has 0 unspecified atom stereocenters. The van der Waals surface area contributed by atoms with Crippen LogP contribution in [-0.4, -0.2) is 11.1 Å². The molecule has 132 valence electrons. The highest BCUT2D eigenvalue weighted by Crippen LogP contribution is 3.03. The maximum absolute atomic E-state index is 13.9. The van der Waals surface area contributed by atoms with E-state index in [4.69, 9.17) is 9.84 Å². The Bertz CT molecular complexity index is 804. The maximum Gasteiger partial charge on any atom is 0.338 e. The number of benzene rings is 2. The zero-order valence-electron chi connectivity index (χ0n) is 11.7. The third kappa shape index (κ3) is 3.94. The Morgan fingerprint density at radius 1 is 1.00 bits per heavy atom. The van der Waals surface area contributed by atoms with Gasteiger partial charge in [-0.15, -0.1) is 0 Å². The summed E-state index contributed by atoms with van der Waals surface area (Å²) < 4.78 is 83.3. The van der Waals surface area contributed by atoms with Gasteiger partial charge in [0, 0.05) is 5.56 Å². The van der Waals surface area contributed by atoms with Crippen molar-refractivity contribution in [1.82, 2.24) is 0 Å². The lowest BCUT2D eigenvalue weighted by Gasteiger charge is -2.41. The summed E-state index contributed by atoms with van der Waals surface area (Å²) in [4.78, 5) is 8.56. The van der Waals surface area contributed by atoms with Gasteiger partial charge in [0.1, 0.15) is 23.1 Å². The summed E-state index contributed by atoms with van der Waals surface area (Å²) in [5.41, 5.74) is -1.09. The molecule has 0 aliphatic carbocycles. The second kappa shape index (κ2) is 5.07. The highest BCUT2D eigenvalue weighted by atomic mass is 32.5. The molecule has 0 aliphatic rings. The van der Waals surface area contributed by atoms with Crippen molar-refractivity contribution in [2.75, 3.05) is 0 Å². The molecule has 0 aromatic heterocycles. The van der Waals surface area contributed by atoms with Crippen LogP contribution in [0.3, 0.4) is 0 Å². The molecule has 0 atom stereocenters. The van der Waals surface area contributed by atoms with Crippen LogP contribution in [0.4, 0.5) is 23.8 Å². The van der Waals surface area contributed by atoms with E-state index in [-0.39, 0.29) is 11.6 Å². The van der Waals surface area contributed by atoms with Gasteiger partial charge < -0.3 is 9.84 Å². The average molecular weight is 372 g/mol. The molecule has 0 spiro atoms. The highest BCUT2D eigenvalue weighted by molar-refractivity contribution is 8.45. The van der Waals surface area contributed by atoms with E-state index in [0.29, 0.717) is 6.07 Å². The van der Waals surface area contributed by atoms with Gasteiger partial charge in [-0.05, 0) is 18.2 Å². The van der Waals surface area contributed by atoms with Crippen LogP contribution >= 0.6 is 10.2 Å². The lowest BCUT2D eigenvalue weighted by molar-refractivity contribution is 0.0691. The summed E-state index contributed by atoms with van der Waals surface area (Å²) in [6, 6.07) is 5.83. The first-order valence-corrected chi connectivity index (χ1v) is 8.21. The van der Waals surface area contributed by atoms with Crippen molar-refractivity contribution in [3.05, 3.63) is 59.4 Å². The first-order chi connectivity index (χ1) is 10.8. The minimum absolute atomic E-state index is 0.168. The minimum Gasteiger partial charge on any atom is -0.487 e. The van der Waals surface area contributed by atoms with Crippen LogP contribution in [-0.2, 0) is 6.61 Å². The van der Waals surface area contributed by atoms with Crippen LogP contribution in [0.5, 0.6) is 5.75 Å². The van der Waals surface area contributed by atoms with Crippen molar-refractivity contribution < 1.29 is 38.5 Å². The molecule has 0 fully saturated rings. The van der Waals surface area contributed by atoms with Crippen molar-refractivity contribution in [2.24, 2.45) is 0 Å². The predicted octanol–water partition coefficient (Wildman–Crippen LogP) is 5.76. The van der Waals surface area contributed by atoms with Crippen LogP contribution in [0.2, 0.25) is 0 Å². The molecular formula is C14H10F6O3S. The van der Waals surface area contributed by atoms with Gasteiger partial charge in [0.25, 0.3) is 0 Å². The summed E-state index contributed by atoms with van der Waals surface area (Å²) in [5, 5.41) is 8.77. The van der Waals surface area contributed by atoms with E-state index < -0.39 is 44.8 Å². The molecule has 0 amide bonds. The van der Waals surface area contributed by atoms with Gasteiger partial charge in [0.15, 0.2) is 0 Å². The second-order valence-corrected chi connectivity index (χ2v) is 7.17. The summed E-state index contributed by atoms with van der Waals surface area (Å²) in [6.07, 6.45) is 0. The van der Waals surface area contributed by atoms with E-state index >= 15 is 0 Å². The first-order valence-electron chi connectivity index (χ1n) is 6.26. The maximum atomic E-state index is 13.9. The fourth-order valence-corrected chi connectivity index (χ4v) is 2.74. The van der Waals surface area contributed by atoms with Crippen LogP contribution in [0, 0.1) is 5.82 Å². The van der Waals surface area contributed by atoms with E-state index in [1.54, 1.807) is 0 Å². The standard InChI is InChI=1S/C14H10F6O3S/c15-13-9(4-3-5-10(13)14(21)22)8-23-11-6-1-2-7-12(11)24(16,17,18,19)20/h1-7H,8H2,(H,21,22). The Labute approximate surface area is 132 Å². The van der Waals surface area contributed by atoms with Gasteiger partial charge in [-0.25, -0.2) is 9.18 Å². The predicted molar refractivity (Wildman–Crippen MR) is 75.5 cm³/mol. The highest BCUT2D eigenvalue weighted by Gasteiger charge is 2.67. The smallest absolute Gasteiger partial charge is 0.338 e. The van der Waals surface area contributed by atoms with Crippen molar-refractivity contribution in [3.8, 4) is 5.75 Å². The Morgan fingerprint density at radius 3 is 2.21 bits per heavy atom. The lowest BCUT2D eigenvalue weighted by atomic mass is 10.1. The molecule has 10 heteroatoms. The van der Waals surface area contributed by atoms with E-state index in [9.17, 15) is 28.6 Å². The molecule has 0 bridgehead atoms. The number of ether oxygens (including phenoxy) is 1. The molecule has 2 rings (SSSR count). The van der Waals surface area contributed by atoms with Crippen molar-refractivity contribution >= 4 is 16.2 Å². The topological polar surface area (TPSA) is 46.5 Å². The molecule has 0 radical (unpaired) electrons. The number of hydrogen-bond donors (Lipinski definition) is 1. The Balaban J connectivity index is 2.36. The van der Waals surface area contributed by atoms with E-state index in [0.717, 1.165) is 30.3 Å². The van der Waals surface area contributed by atoms with Crippen LogP contribution in [0.1, 0.15) is 15.9 Å². The van der Waals surface area contributed by atoms with Crippen LogP contribution in [0.25, 0.3) is 0 Å². The third-order valence-corrected chi connectivity index (χ3v) is 4.13. The van der Waals surface area contributed by atoms with Crippen LogP contribution in [0.15, 0.2) is 47.4 Å². The monoisotopic (exact) mass is 372 g/mol. The molecule has 0 saturated carbocycles. The fourth-order valence-electron chi connectivity index (χ4n) is 1.90. The summed E-state index contributed by atoms with van der Waals surface area (Å²) in [6.45, 7) is -0.849. The largest absolute Gasteiger partial charge is 0.487 e. The number of rotatable bonds is 5. The number of carboxylic acid groups (broad SMARTS) is 1. The first kappa shape index (κ1) is 18.0. The van der Waals surface area contributed by atoms with Crippen molar-refractivity contribution in [2.45, 2.75) is 11.5 Å². The van der Waals surface area contributed by atoms with Crippen molar-refractivity contribution in [1.29, 1.82) is 0 Å². The van der Waals surface area contributed by atoms with Gasteiger partial charge in [0.05, 0.1) is 5.56 Å². The summed E-state index contributed by atoms with van der Waals surface area (Å²) in [5.74, 6) is -3.96. The Hall–Kier alpha value is -2.36. The van der Waals surface area contributed by atoms with E-state index in [2.05, 4.69) is 0 Å². The Morgan fingerprint density at radius 2 is 1.62 bits per heavy atom. The minimum atomic E-state index is -9.99. The van der Waals surface area contributed by atoms with Crippen molar-refractivity contribution in [3.63, 3.8) is 0 Å². The van der Waals surface area contributed by atoms with Gasteiger partial charge in [-0.2, -0.15) is 0 Å². The fraction of sp³-hybridized carbons (Fsp3) is 0.0714. The van der Waals surface area contributed by atoms with E-state index in [1.165, 1.54) is 0 Å². The molecule has 3 nitrogen and oxygen atoms in total. The van der Waals surface area contributed by atoms with Crippen LogP contribution < -0.4 is 4.74 Å². The molecule has 0 heterocycles. The van der Waals surface area contributed by atoms with Gasteiger partial charge >= 0.3 is 16.2 Å². The zero-order chi connectivity index (χ0) is 18.2. The van der Waals surface area contributed by atoms with E-state index in [1.807, 2.05) is 0 Å². The third-order valence-electron chi connectivity index (χ3n) is 2.96. The molecule has 24 heavy (non-hydrogen) atoms. The number of aromatic carboxylic acids is 1. The number of para-hydroxylation sites is 1. The SMILES string of the molecule is O=C(O)c1cccc(COc2ccccc2S(F)(F)(F)(F)F)c1F. The summed E-state index contributed by atoms with van der Waals surface area (Å²) >= 11 is 0. The average Bonchev–Trinajstić information content (AvgIpc) is 2.44. The molecule has 0 aliphatic heterocycles. The second-order valence-electron chi connectivity index (χ2n) is 4.79. The number of carboxylic acids is 1. The zero-order valence-corrected chi connectivity index (χ0v) is 12.5. The molecule has 1 N–H and O–H groups in total.